The number of hydrogen-bond donors (Lipinski definition) is 0. The van der Waals surface area contributed by atoms with E-state index in [1.165, 1.54) is 6.07 Å². The van der Waals surface area contributed by atoms with Crippen LogP contribution in [0.4, 0.5) is 10.2 Å². The predicted molar refractivity (Wildman–Crippen MR) is 35.6 cm³/mol. The Morgan fingerprint density at radius 3 is 2.92 bits per heavy atom. The van der Waals surface area contributed by atoms with Crippen molar-refractivity contribution in [3.05, 3.63) is 33.8 Å². The van der Waals surface area contributed by atoms with Gasteiger partial charge in [0, 0.05) is 6.07 Å². The minimum atomic E-state index is -1.19. The van der Waals surface area contributed by atoms with Crippen LogP contribution < -0.4 is 0 Å². The number of aromatic nitrogens is 1. The second kappa shape index (κ2) is 2.92. The van der Waals surface area contributed by atoms with Gasteiger partial charge in [0.1, 0.15) is 17.8 Å². The maximum atomic E-state index is 12.8. The van der Waals surface area contributed by atoms with Crippen LogP contribution in [-0.2, 0) is 0 Å². The lowest BCUT2D eigenvalue weighted by Gasteiger charge is -1.93. The van der Waals surface area contributed by atoms with E-state index in [4.69, 9.17) is 5.26 Å². The first-order chi connectivity index (χ1) is 5.66. The minimum absolute atomic E-state index is 0.378. The van der Waals surface area contributed by atoms with Gasteiger partial charge in [-0.25, -0.2) is 0 Å². The molecule has 0 aliphatic carbocycles. The van der Waals surface area contributed by atoms with E-state index in [2.05, 4.69) is 4.98 Å². The molecule has 1 rings (SSSR count). The molecule has 12 heavy (non-hydrogen) atoms. The molecule has 0 radical (unpaired) electrons. The molecule has 0 aliphatic heterocycles. The summed E-state index contributed by atoms with van der Waals surface area (Å²) >= 11 is 0. The summed E-state index contributed by atoms with van der Waals surface area (Å²) in [5.41, 5.74) is -0.378. The van der Waals surface area contributed by atoms with Gasteiger partial charge in [-0.05, 0) is 9.91 Å². The zero-order valence-electron chi connectivity index (χ0n) is 5.69. The molecule has 0 aromatic carbocycles. The van der Waals surface area contributed by atoms with E-state index in [0.29, 0.717) is 0 Å². The molecule has 5 nitrogen and oxygen atoms in total. The average molecular weight is 167 g/mol. The van der Waals surface area contributed by atoms with E-state index in [-0.39, 0.29) is 5.56 Å². The van der Waals surface area contributed by atoms with Gasteiger partial charge in [-0.3, -0.25) is 0 Å². The van der Waals surface area contributed by atoms with Crippen molar-refractivity contribution >= 4 is 5.82 Å². The molecule has 0 unspecified atom stereocenters. The molecular formula is C6H2FN3O2. The smallest absolute Gasteiger partial charge is 0.358 e. The summed E-state index contributed by atoms with van der Waals surface area (Å²) in [6, 6.07) is 2.54. The SMILES string of the molecule is N#Cc1ccnc([N+](=O)[O-])c1F. The van der Waals surface area contributed by atoms with Gasteiger partial charge >= 0.3 is 5.82 Å². The quantitative estimate of drug-likeness (QED) is 0.461. The van der Waals surface area contributed by atoms with Gasteiger partial charge in [0.25, 0.3) is 0 Å². The third-order valence-corrected chi connectivity index (χ3v) is 1.16. The van der Waals surface area contributed by atoms with Crippen LogP contribution in [0.2, 0.25) is 0 Å². The summed E-state index contributed by atoms with van der Waals surface area (Å²) in [6.45, 7) is 0. The maximum Gasteiger partial charge on any atom is 0.401 e. The van der Waals surface area contributed by atoms with Gasteiger partial charge in [-0.2, -0.15) is 9.65 Å². The first-order valence-electron chi connectivity index (χ1n) is 2.86. The first-order valence-corrected chi connectivity index (χ1v) is 2.86. The standard InChI is InChI=1S/C6H2FN3O2/c7-5-4(3-8)1-2-9-6(5)10(11)12/h1-2H. The highest BCUT2D eigenvalue weighted by Crippen LogP contribution is 2.15. The third-order valence-electron chi connectivity index (χ3n) is 1.16. The van der Waals surface area contributed by atoms with Crippen LogP contribution in [0.25, 0.3) is 0 Å². The number of halogens is 1. The Morgan fingerprint density at radius 2 is 2.42 bits per heavy atom. The molecule has 6 heteroatoms. The fourth-order valence-electron chi connectivity index (χ4n) is 0.646. The van der Waals surface area contributed by atoms with E-state index in [1.807, 2.05) is 0 Å². The van der Waals surface area contributed by atoms with E-state index in [1.54, 1.807) is 0 Å². The van der Waals surface area contributed by atoms with Crippen molar-refractivity contribution in [2.45, 2.75) is 0 Å². The maximum absolute atomic E-state index is 12.8. The van der Waals surface area contributed by atoms with Gasteiger partial charge in [-0.1, -0.05) is 0 Å². The van der Waals surface area contributed by atoms with E-state index < -0.39 is 16.6 Å². The fraction of sp³-hybridized carbons (Fsp3) is 0. The van der Waals surface area contributed by atoms with Crippen LogP contribution in [0.3, 0.4) is 0 Å². The van der Waals surface area contributed by atoms with Crippen molar-refractivity contribution in [3.8, 4) is 6.07 Å². The van der Waals surface area contributed by atoms with E-state index in [9.17, 15) is 14.5 Å². The molecule has 1 aromatic rings. The molecule has 0 amide bonds. The predicted octanol–water partition coefficient (Wildman–Crippen LogP) is 1.00. The molecular weight excluding hydrogens is 165 g/mol. The van der Waals surface area contributed by atoms with Gasteiger partial charge in [0.2, 0.25) is 5.82 Å². The molecule has 0 N–H and O–H groups in total. The summed E-state index contributed by atoms with van der Waals surface area (Å²) in [5, 5.41) is 18.4. The number of hydrogen-bond acceptors (Lipinski definition) is 4. The van der Waals surface area contributed by atoms with Crippen LogP contribution in [-0.4, -0.2) is 9.91 Å². The van der Waals surface area contributed by atoms with Gasteiger partial charge in [-0.15, -0.1) is 0 Å². The van der Waals surface area contributed by atoms with Gasteiger partial charge < -0.3 is 10.1 Å². The Balaban J connectivity index is 3.35. The molecule has 0 spiro atoms. The van der Waals surface area contributed by atoms with Crippen LogP contribution >= 0.6 is 0 Å². The van der Waals surface area contributed by atoms with Crippen LogP contribution in [0.5, 0.6) is 0 Å². The number of nitrogens with zero attached hydrogens (tertiary/aromatic N) is 3. The molecule has 0 bridgehead atoms. The van der Waals surface area contributed by atoms with Crippen molar-refractivity contribution in [3.63, 3.8) is 0 Å². The highest BCUT2D eigenvalue weighted by Gasteiger charge is 2.18. The second-order valence-corrected chi connectivity index (χ2v) is 1.87. The van der Waals surface area contributed by atoms with Gasteiger partial charge in [0.05, 0.1) is 0 Å². The van der Waals surface area contributed by atoms with E-state index in [0.717, 1.165) is 12.3 Å². The topological polar surface area (TPSA) is 79.8 Å². The van der Waals surface area contributed by atoms with Crippen molar-refractivity contribution in [2.24, 2.45) is 0 Å². The molecule has 60 valence electrons. The number of rotatable bonds is 1. The lowest BCUT2D eigenvalue weighted by Crippen LogP contribution is -1.97. The van der Waals surface area contributed by atoms with Crippen molar-refractivity contribution in [1.29, 1.82) is 5.26 Å². The van der Waals surface area contributed by atoms with Gasteiger partial charge in [0.15, 0.2) is 0 Å². The average Bonchev–Trinajstić information content (AvgIpc) is 2.04. The Morgan fingerprint density at radius 1 is 1.75 bits per heavy atom. The van der Waals surface area contributed by atoms with Crippen molar-refractivity contribution in [1.82, 2.24) is 4.98 Å². The molecule has 0 saturated carbocycles. The Kier molecular flexibility index (Phi) is 1.96. The Hall–Kier alpha value is -2.03. The normalized spacial score (nSPS) is 9.00. The van der Waals surface area contributed by atoms with Crippen molar-refractivity contribution in [2.75, 3.05) is 0 Å². The number of nitro groups is 1. The molecule has 1 heterocycles. The molecule has 0 aliphatic rings. The Labute approximate surface area is 66.2 Å². The minimum Gasteiger partial charge on any atom is -0.358 e. The Bertz CT molecular complexity index is 372. The van der Waals surface area contributed by atoms with Crippen LogP contribution in [0, 0.1) is 27.3 Å². The molecule has 1 aromatic heterocycles. The molecule has 0 fully saturated rings. The monoisotopic (exact) mass is 167 g/mol. The zero-order chi connectivity index (χ0) is 9.14. The molecule has 0 saturated heterocycles. The number of nitriles is 1. The highest BCUT2D eigenvalue weighted by atomic mass is 19.1. The van der Waals surface area contributed by atoms with Crippen molar-refractivity contribution < 1.29 is 9.31 Å². The van der Waals surface area contributed by atoms with Crippen LogP contribution in [0.1, 0.15) is 5.56 Å². The lowest BCUT2D eigenvalue weighted by molar-refractivity contribution is -0.392. The zero-order valence-corrected chi connectivity index (χ0v) is 5.69. The fourth-order valence-corrected chi connectivity index (χ4v) is 0.646. The summed E-state index contributed by atoms with van der Waals surface area (Å²) in [5.74, 6) is -2.11. The second-order valence-electron chi connectivity index (χ2n) is 1.87. The lowest BCUT2D eigenvalue weighted by atomic mass is 10.3. The van der Waals surface area contributed by atoms with Crippen LogP contribution in [0.15, 0.2) is 12.3 Å². The largest absolute Gasteiger partial charge is 0.401 e. The highest BCUT2D eigenvalue weighted by molar-refractivity contribution is 5.36. The van der Waals surface area contributed by atoms with E-state index >= 15 is 0 Å². The number of pyridine rings is 1. The summed E-state index contributed by atoms with van der Waals surface area (Å²) in [4.78, 5) is 12.3. The summed E-state index contributed by atoms with van der Waals surface area (Å²) < 4.78 is 12.8. The summed E-state index contributed by atoms with van der Waals surface area (Å²) in [7, 11) is 0. The summed E-state index contributed by atoms with van der Waals surface area (Å²) in [6.07, 6.45) is 1.01. The third kappa shape index (κ3) is 1.20. The first kappa shape index (κ1) is 8.07. The molecule has 0 atom stereocenters.